The Morgan fingerprint density at radius 2 is 1.40 bits per heavy atom. The lowest BCUT2D eigenvalue weighted by atomic mass is 10.4. The van der Waals surface area contributed by atoms with E-state index < -0.39 is 14.0 Å². The second-order valence-electron chi connectivity index (χ2n) is 1.67. The second-order valence-corrected chi connectivity index (χ2v) is 5.91. The first-order chi connectivity index (χ1) is 4.33. The van der Waals surface area contributed by atoms with E-state index in [1.807, 2.05) is 0 Å². The molecule has 0 aliphatic rings. The van der Waals surface area contributed by atoms with Gasteiger partial charge < -0.3 is 0 Å². The van der Waals surface area contributed by atoms with E-state index in [2.05, 4.69) is 0 Å². The third-order valence-corrected chi connectivity index (χ3v) is 2.44. The van der Waals surface area contributed by atoms with Crippen molar-refractivity contribution in [2.24, 2.45) is 0 Å². The molecule has 0 aromatic heterocycles. The lowest BCUT2D eigenvalue weighted by Gasteiger charge is -2.15. The van der Waals surface area contributed by atoms with Crippen molar-refractivity contribution in [2.45, 2.75) is 20.4 Å². The summed E-state index contributed by atoms with van der Waals surface area (Å²) < 4.78 is -1.38. The molecule has 10 heavy (non-hydrogen) atoms. The molecule has 0 aliphatic heterocycles. The molecule has 0 saturated carbocycles. The van der Waals surface area contributed by atoms with Gasteiger partial charge in [-0.05, 0) is 0 Å². The Balaban J connectivity index is 3.68. The van der Waals surface area contributed by atoms with E-state index in [0.717, 1.165) is 0 Å². The van der Waals surface area contributed by atoms with Crippen molar-refractivity contribution < 1.29 is 0 Å². The Morgan fingerprint density at radius 3 is 1.50 bits per heavy atom. The monoisotopic (exact) mass is 262 g/mol. The van der Waals surface area contributed by atoms with Crippen LogP contribution in [0.5, 0.6) is 0 Å². The molecule has 0 aromatic rings. The number of alkyl halides is 6. The quantitative estimate of drug-likeness (QED) is 0.657. The van der Waals surface area contributed by atoms with Gasteiger partial charge in [0.15, 0.2) is 3.79 Å². The highest BCUT2D eigenvalue weighted by Gasteiger charge is 2.27. The Morgan fingerprint density at radius 1 is 1.00 bits per heavy atom. The van der Waals surface area contributed by atoms with Crippen molar-refractivity contribution in [3.8, 4) is 0 Å². The van der Waals surface area contributed by atoms with E-state index in [1.165, 1.54) is 0 Å². The molecule has 6 heteroatoms. The van der Waals surface area contributed by atoms with Crippen LogP contribution in [0.2, 0.25) is 0 Å². The number of halogens is 6. The molecule has 1 unspecified atom stereocenters. The average Bonchev–Trinajstić information content (AvgIpc) is 1.60. The summed E-state index contributed by atoms with van der Waals surface area (Å²) in [6.07, 6.45) is 0.136. The zero-order valence-electron chi connectivity index (χ0n) is 4.63. The van der Waals surface area contributed by atoms with E-state index in [-0.39, 0.29) is 6.42 Å². The van der Waals surface area contributed by atoms with Crippen molar-refractivity contribution >= 4 is 69.6 Å². The highest BCUT2D eigenvalue weighted by atomic mass is 35.6. The highest BCUT2D eigenvalue weighted by molar-refractivity contribution is 6.67. The maximum absolute atomic E-state index is 5.58. The zero-order chi connectivity index (χ0) is 8.36. The summed E-state index contributed by atoms with van der Waals surface area (Å²) in [7, 11) is 0. The fraction of sp³-hybridized carbons (Fsp3) is 1.00. The van der Waals surface area contributed by atoms with Crippen molar-refractivity contribution in [1.29, 1.82) is 0 Å². The molecular weight excluding hydrogens is 261 g/mol. The van der Waals surface area contributed by atoms with Crippen LogP contribution >= 0.6 is 69.6 Å². The summed E-state index contributed by atoms with van der Waals surface area (Å²) in [5, 5.41) is -0.532. The maximum atomic E-state index is 5.58. The van der Waals surface area contributed by atoms with Gasteiger partial charge in [-0.1, -0.05) is 34.8 Å². The molecule has 0 N–H and O–H groups in total. The predicted octanol–water partition coefficient (Wildman–Crippen LogP) is 4.16. The molecule has 0 rings (SSSR count). The first-order valence-corrected chi connectivity index (χ1v) is 4.76. The van der Waals surface area contributed by atoms with Crippen LogP contribution in [0.4, 0.5) is 0 Å². The van der Waals surface area contributed by atoms with E-state index in [1.54, 1.807) is 0 Å². The third kappa shape index (κ3) is 6.45. The molecule has 0 aliphatic carbocycles. The van der Waals surface area contributed by atoms with Gasteiger partial charge in [0.2, 0.25) is 0 Å². The minimum absolute atomic E-state index is 0.136. The summed E-state index contributed by atoms with van der Waals surface area (Å²) in [6, 6.07) is 0. The molecule has 0 saturated heterocycles. The van der Waals surface area contributed by atoms with Crippen molar-refractivity contribution in [2.75, 3.05) is 0 Å². The second kappa shape index (κ2) is 4.69. The van der Waals surface area contributed by atoms with Gasteiger partial charge in [-0.25, -0.2) is 0 Å². The molecule has 0 radical (unpaired) electrons. The molecule has 0 amide bonds. The lowest BCUT2D eigenvalue weighted by molar-refractivity contribution is 0.812. The summed E-state index contributed by atoms with van der Waals surface area (Å²) in [5.74, 6) is 0. The third-order valence-electron chi connectivity index (χ3n) is 0.700. The van der Waals surface area contributed by atoms with Crippen LogP contribution in [0.3, 0.4) is 0 Å². The summed E-state index contributed by atoms with van der Waals surface area (Å²) in [5.41, 5.74) is 0. The fourth-order valence-corrected chi connectivity index (χ4v) is 1.46. The molecule has 0 nitrogen and oxygen atoms in total. The summed E-state index contributed by atoms with van der Waals surface area (Å²) in [4.78, 5) is -0.711. The summed E-state index contributed by atoms with van der Waals surface area (Å²) in [6.45, 7) is 0. The van der Waals surface area contributed by atoms with Gasteiger partial charge in [-0.15, -0.1) is 34.8 Å². The van der Waals surface area contributed by atoms with Crippen LogP contribution in [0.25, 0.3) is 0 Å². The minimum atomic E-state index is -1.38. The standard InChI is InChI=1S/C4H4Cl6/c5-2(3(6)7)1-4(8,9)10/h2-3H,1H2. The maximum Gasteiger partial charge on any atom is 0.192 e. The molecule has 0 spiro atoms. The van der Waals surface area contributed by atoms with Crippen molar-refractivity contribution in [3.63, 3.8) is 0 Å². The van der Waals surface area contributed by atoms with Crippen LogP contribution in [0, 0.1) is 0 Å². The summed E-state index contributed by atoms with van der Waals surface area (Å²) >= 11 is 32.6. The van der Waals surface area contributed by atoms with Gasteiger partial charge in [-0.2, -0.15) is 0 Å². The highest BCUT2D eigenvalue weighted by Crippen LogP contribution is 2.35. The first-order valence-electron chi connectivity index (χ1n) is 2.32. The SMILES string of the molecule is ClC(Cl)C(Cl)CC(Cl)(Cl)Cl. The Hall–Kier alpha value is 1.74. The van der Waals surface area contributed by atoms with Crippen LogP contribution in [-0.4, -0.2) is 14.0 Å². The zero-order valence-corrected chi connectivity index (χ0v) is 9.17. The topological polar surface area (TPSA) is 0 Å². The van der Waals surface area contributed by atoms with Crippen LogP contribution in [0.1, 0.15) is 6.42 Å². The Labute approximate surface area is 89.7 Å². The van der Waals surface area contributed by atoms with Gasteiger partial charge in [0, 0.05) is 6.42 Å². The average molecular weight is 265 g/mol. The van der Waals surface area contributed by atoms with Gasteiger partial charge >= 0.3 is 0 Å². The largest absolute Gasteiger partial charge is 0.192 e. The predicted molar refractivity (Wildman–Crippen MR) is 50.0 cm³/mol. The number of hydrogen-bond donors (Lipinski definition) is 0. The molecule has 0 heterocycles. The smallest absolute Gasteiger partial charge is 0.120 e. The van der Waals surface area contributed by atoms with Crippen molar-refractivity contribution in [3.05, 3.63) is 0 Å². The van der Waals surface area contributed by atoms with Crippen LogP contribution < -0.4 is 0 Å². The van der Waals surface area contributed by atoms with Gasteiger partial charge in [0.05, 0.1) is 5.38 Å². The van der Waals surface area contributed by atoms with Gasteiger partial charge in [0.1, 0.15) is 4.84 Å². The van der Waals surface area contributed by atoms with Crippen molar-refractivity contribution in [1.82, 2.24) is 0 Å². The molecule has 0 fully saturated rings. The lowest BCUT2D eigenvalue weighted by Crippen LogP contribution is -2.17. The molecule has 0 aromatic carbocycles. The molecule has 1 atom stereocenters. The van der Waals surface area contributed by atoms with Gasteiger partial charge in [0.25, 0.3) is 0 Å². The normalized spacial score (nSPS) is 15.9. The molecule has 62 valence electrons. The van der Waals surface area contributed by atoms with E-state index in [9.17, 15) is 0 Å². The van der Waals surface area contributed by atoms with E-state index in [4.69, 9.17) is 69.6 Å². The van der Waals surface area contributed by atoms with Gasteiger partial charge in [-0.3, -0.25) is 0 Å². The van der Waals surface area contributed by atoms with E-state index in [0.29, 0.717) is 0 Å². The Bertz CT molecular complexity index is 94.4. The van der Waals surface area contributed by atoms with Crippen LogP contribution in [0.15, 0.2) is 0 Å². The first kappa shape index (κ1) is 11.7. The fourth-order valence-electron chi connectivity index (χ4n) is 0.310. The molecular formula is C4H4Cl6. The van der Waals surface area contributed by atoms with E-state index >= 15 is 0 Å². The number of rotatable bonds is 2. The minimum Gasteiger partial charge on any atom is -0.120 e. The van der Waals surface area contributed by atoms with Crippen LogP contribution in [-0.2, 0) is 0 Å². The Kier molecular flexibility index (Phi) is 5.51. The number of hydrogen-bond acceptors (Lipinski definition) is 0. The molecule has 0 bridgehead atoms.